The molecule has 1 aromatic rings. The molecule has 2 fully saturated rings. The predicted octanol–water partition coefficient (Wildman–Crippen LogP) is 2.60. The number of likely N-dealkylation sites (tertiary alicyclic amines) is 1. The molecule has 4 nitrogen and oxygen atoms in total. The van der Waals surface area contributed by atoms with E-state index in [4.69, 9.17) is 4.74 Å². The highest BCUT2D eigenvalue weighted by Crippen LogP contribution is 2.24. The SMILES string of the molecule is O=C(c1ccc(OC2CCCC2)cc1)N1CCC(O)CC1. The van der Waals surface area contributed by atoms with Crippen molar-refractivity contribution in [2.45, 2.75) is 50.7 Å². The lowest BCUT2D eigenvalue weighted by Crippen LogP contribution is -2.40. The molecule has 21 heavy (non-hydrogen) atoms. The van der Waals surface area contributed by atoms with Crippen LogP contribution in [0.5, 0.6) is 5.75 Å². The molecule has 1 heterocycles. The average Bonchev–Trinajstić information content (AvgIpc) is 3.01. The maximum atomic E-state index is 12.4. The van der Waals surface area contributed by atoms with Crippen LogP contribution in [0.3, 0.4) is 0 Å². The third-order valence-electron chi connectivity index (χ3n) is 4.46. The molecule has 0 aromatic heterocycles. The maximum Gasteiger partial charge on any atom is 0.253 e. The highest BCUT2D eigenvalue weighted by atomic mass is 16.5. The zero-order chi connectivity index (χ0) is 14.7. The van der Waals surface area contributed by atoms with Crippen LogP contribution in [0.25, 0.3) is 0 Å². The van der Waals surface area contributed by atoms with E-state index in [1.54, 1.807) is 0 Å². The van der Waals surface area contributed by atoms with Crippen LogP contribution in [0.4, 0.5) is 0 Å². The molecule has 0 spiro atoms. The monoisotopic (exact) mass is 289 g/mol. The van der Waals surface area contributed by atoms with Crippen LogP contribution in [0.1, 0.15) is 48.9 Å². The lowest BCUT2D eigenvalue weighted by molar-refractivity contribution is 0.0546. The van der Waals surface area contributed by atoms with Crippen LogP contribution in [0, 0.1) is 0 Å². The number of aliphatic hydroxyl groups is 1. The highest BCUT2D eigenvalue weighted by Gasteiger charge is 2.22. The van der Waals surface area contributed by atoms with Crippen molar-refractivity contribution >= 4 is 5.91 Å². The molecule has 0 unspecified atom stereocenters. The van der Waals surface area contributed by atoms with E-state index >= 15 is 0 Å². The van der Waals surface area contributed by atoms with Crippen LogP contribution in [-0.4, -0.2) is 41.2 Å². The number of amides is 1. The number of piperidine rings is 1. The summed E-state index contributed by atoms with van der Waals surface area (Å²) in [6.45, 7) is 1.28. The summed E-state index contributed by atoms with van der Waals surface area (Å²) in [7, 11) is 0. The smallest absolute Gasteiger partial charge is 0.253 e. The van der Waals surface area contributed by atoms with Gasteiger partial charge in [-0.15, -0.1) is 0 Å². The topological polar surface area (TPSA) is 49.8 Å². The summed E-state index contributed by atoms with van der Waals surface area (Å²) in [5, 5.41) is 9.50. The zero-order valence-corrected chi connectivity index (χ0v) is 12.3. The van der Waals surface area contributed by atoms with Crippen molar-refractivity contribution in [2.75, 3.05) is 13.1 Å². The van der Waals surface area contributed by atoms with Crippen LogP contribution in [0.15, 0.2) is 24.3 Å². The molecular weight excluding hydrogens is 266 g/mol. The van der Waals surface area contributed by atoms with Crippen molar-refractivity contribution in [2.24, 2.45) is 0 Å². The second kappa shape index (κ2) is 6.48. The quantitative estimate of drug-likeness (QED) is 0.930. The number of rotatable bonds is 3. The van der Waals surface area contributed by atoms with E-state index in [9.17, 15) is 9.90 Å². The summed E-state index contributed by atoms with van der Waals surface area (Å²) in [5.74, 6) is 0.904. The summed E-state index contributed by atoms with van der Waals surface area (Å²) in [4.78, 5) is 14.2. The Hall–Kier alpha value is -1.55. The van der Waals surface area contributed by atoms with E-state index in [0.717, 1.165) is 18.6 Å². The molecule has 1 aliphatic carbocycles. The normalized spacial score (nSPS) is 20.7. The molecule has 1 amide bonds. The van der Waals surface area contributed by atoms with Crippen molar-refractivity contribution in [3.8, 4) is 5.75 Å². The number of benzene rings is 1. The molecule has 3 rings (SSSR count). The molecule has 1 aliphatic heterocycles. The molecule has 1 aromatic carbocycles. The number of carbonyl (C=O) groups is 1. The van der Waals surface area contributed by atoms with E-state index in [1.165, 1.54) is 12.8 Å². The Kier molecular flexibility index (Phi) is 4.44. The number of aliphatic hydroxyl groups excluding tert-OH is 1. The fourth-order valence-electron chi connectivity index (χ4n) is 3.13. The van der Waals surface area contributed by atoms with Crippen LogP contribution >= 0.6 is 0 Å². The minimum absolute atomic E-state index is 0.0503. The van der Waals surface area contributed by atoms with Crippen molar-refractivity contribution in [3.05, 3.63) is 29.8 Å². The Morgan fingerprint density at radius 3 is 2.29 bits per heavy atom. The molecule has 1 saturated carbocycles. The number of nitrogens with zero attached hydrogens (tertiary/aromatic N) is 1. The predicted molar refractivity (Wildman–Crippen MR) is 80.5 cm³/mol. The van der Waals surface area contributed by atoms with Gasteiger partial charge in [0, 0.05) is 18.7 Å². The average molecular weight is 289 g/mol. The largest absolute Gasteiger partial charge is 0.490 e. The molecule has 0 radical (unpaired) electrons. The lowest BCUT2D eigenvalue weighted by Gasteiger charge is -2.29. The van der Waals surface area contributed by atoms with Gasteiger partial charge in [-0.1, -0.05) is 0 Å². The van der Waals surface area contributed by atoms with Gasteiger partial charge in [0.05, 0.1) is 12.2 Å². The summed E-state index contributed by atoms with van der Waals surface area (Å²) in [6.07, 6.45) is 6.22. The number of hydrogen-bond acceptors (Lipinski definition) is 3. The van der Waals surface area contributed by atoms with Crippen LogP contribution < -0.4 is 4.74 Å². The van der Waals surface area contributed by atoms with E-state index in [2.05, 4.69) is 0 Å². The van der Waals surface area contributed by atoms with Gasteiger partial charge in [-0.2, -0.15) is 0 Å². The molecule has 2 aliphatic rings. The maximum absolute atomic E-state index is 12.4. The van der Waals surface area contributed by atoms with Crippen molar-refractivity contribution < 1.29 is 14.6 Å². The molecule has 4 heteroatoms. The van der Waals surface area contributed by atoms with E-state index in [-0.39, 0.29) is 12.0 Å². The summed E-state index contributed by atoms with van der Waals surface area (Å²) in [5.41, 5.74) is 0.699. The second-order valence-electron chi connectivity index (χ2n) is 6.07. The van der Waals surface area contributed by atoms with Gasteiger partial charge in [0.2, 0.25) is 0 Å². The highest BCUT2D eigenvalue weighted by molar-refractivity contribution is 5.94. The first-order valence-electron chi connectivity index (χ1n) is 7.96. The molecule has 0 atom stereocenters. The lowest BCUT2D eigenvalue weighted by atomic mass is 10.1. The molecule has 114 valence electrons. The third-order valence-corrected chi connectivity index (χ3v) is 4.46. The first-order valence-corrected chi connectivity index (χ1v) is 7.96. The van der Waals surface area contributed by atoms with Gasteiger partial charge >= 0.3 is 0 Å². The molecule has 1 saturated heterocycles. The minimum atomic E-state index is -0.253. The van der Waals surface area contributed by atoms with Gasteiger partial charge in [-0.3, -0.25) is 4.79 Å². The first kappa shape index (κ1) is 14.4. The van der Waals surface area contributed by atoms with Gasteiger partial charge in [-0.25, -0.2) is 0 Å². The number of ether oxygens (including phenoxy) is 1. The van der Waals surface area contributed by atoms with Crippen molar-refractivity contribution in [1.29, 1.82) is 0 Å². The first-order chi connectivity index (χ1) is 10.2. The van der Waals surface area contributed by atoms with Gasteiger partial charge in [-0.05, 0) is 62.8 Å². The van der Waals surface area contributed by atoms with Crippen molar-refractivity contribution in [1.82, 2.24) is 4.90 Å². The van der Waals surface area contributed by atoms with Gasteiger partial charge in [0.25, 0.3) is 5.91 Å². The van der Waals surface area contributed by atoms with E-state index in [0.29, 0.717) is 37.6 Å². The van der Waals surface area contributed by atoms with Gasteiger partial charge < -0.3 is 14.7 Å². The standard InChI is InChI=1S/C17H23NO3/c19-14-9-11-18(12-10-14)17(20)13-5-7-16(8-6-13)21-15-3-1-2-4-15/h5-8,14-15,19H,1-4,9-12H2. The molecule has 1 N–H and O–H groups in total. The Morgan fingerprint density at radius 1 is 1.05 bits per heavy atom. The van der Waals surface area contributed by atoms with Gasteiger partial charge in [0.15, 0.2) is 0 Å². The van der Waals surface area contributed by atoms with Crippen molar-refractivity contribution in [3.63, 3.8) is 0 Å². The van der Waals surface area contributed by atoms with Crippen LogP contribution in [-0.2, 0) is 0 Å². The van der Waals surface area contributed by atoms with Crippen LogP contribution in [0.2, 0.25) is 0 Å². The second-order valence-corrected chi connectivity index (χ2v) is 6.07. The summed E-state index contributed by atoms with van der Waals surface area (Å²) < 4.78 is 5.91. The third kappa shape index (κ3) is 3.56. The van der Waals surface area contributed by atoms with Gasteiger partial charge in [0.1, 0.15) is 5.75 Å². The zero-order valence-electron chi connectivity index (χ0n) is 12.3. The summed E-state index contributed by atoms with van der Waals surface area (Å²) >= 11 is 0. The Morgan fingerprint density at radius 2 is 1.67 bits per heavy atom. The van der Waals surface area contributed by atoms with E-state index < -0.39 is 0 Å². The fourth-order valence-corrected chi connectivity index (χ4v) is 3.13. The molecular formula is C17H23NO3. The Bertz CT molecular complexity index is 471. The number of hydrogen-bond donors (Lipinski definition) is 1. The molecule has 0 bridgehead atoms. The Labute approximate surface area is 125 Å². The minimum Gasteiger partial charge on any atom is -0.490 e. The van der Waals surface area contributed by atoms with E-state index in [1.807, 2.05) is 29.2 Å². The summed E-state index contributed by atoms with van der Waals surface area (Å²) in [6, 6.07) is 7.48. The number of carbonyl (C=O) groups excluding carboxylic acids is 1. The Balaban J connectivity index is 1.59. The fraction of sp³-hybridized carbons (Fsp3) is 0.588.